The van der Waals surface area contributed by atoms with E-state index in [4.69, 9.17) is 0 Å². The van der Waals surface area contributed by atoms with Crippen molar-refractivity contribution >= 4 is 5.82 Å². The highest BCUT2D eigenvalue weighted by Crippen LogP contribution is 2.21. The Bertz CT molecular complexity index is 483. The van der Waals surface area contributed by atoms with Gasteiger partial charge in [0.2, 0.25) is 0 Å². The number of hydrogen-bond donors (Lipinski definition) is 0. The number of benzene rings is 1. The van der Waals surface area contributed by atoms with Crippen LogP contribution in [0.5, 0.6) is 0 Å². The van der Waals surface area contributed by atoms with Crippen LogP contribution in [0.15, 0.2) is 48.7 Å². The molecule has 4 nitrogen and oxygen atoms in total. The summed E-state index contributed by atoms with van der Waals surface area (Å²) >= 11 is 0. The van der Waals surface area contributed by atoms with Crippen LogP contribution in [-0.4, -0.2) is 9.91 Å². The molecule has 0 atom stereocenters. The minimum Gasteiger partial charge on any atom is -0.358 e. The zero-order valence-corrected chi connectivity index (χ0v) is 7.83. The molecular weight excluding hydrogens is 192 g/mol. The summed E-state index contributed by atoms with van der Waals surface area (Å²) in [6, 6.07) is 12.7. The van der Waals surface area contributed by atoms with E-state index in [2.05, 4.69) is 4.98 Å². The minimum absolute atomic E-state index is 0.128. The quantitative estimate of drug-likeness (QED) is 0.553. The van der Waals surface area contributed by atoms with Gasteiger partial charge >= 0.3 is 5.82 Å². The van der Waals surface area contributed by atoms with E-state index in [9.17, 15) is 10.1 Å². The second-order valence-corrected chi connectivity index (χ2v) is 3.03. The third kappa shape index (κ3) is 1.99. The smallest absolute Gasteiger partial charge is 0.358 e. The minimum atomic E-state index is -0.494. The van der Waals surface area contributed by atoms with Crippen molar-refractivity contribution in [1.29, 1.82) is 0 Å². The van der Waals surface area contributed by atoms with E-state index in [0.29, 0.717) is 0 Å². The van der Waals surface area contributed by atoms with Crippen LogP contribution >= 0.6 is 0 Å². The molecule has 0 aliphatic rings. The van der Waals surface area contributed by atoms with Crippen LogP contribution in [-0.2, 0) is 0 Å². The first kappa shape index (κ1) is 9.33. The Labute approximate surface area is 86.4 Å². The first-order valence-electron chi connectivity index (χ1n) is 4.43. The van der Waals surface area contributed by atoms with Crippen LogP contribution < -0.4 is 0 Å². The molecule has 0 saturated heterocycles. The standard InChI is InChI=1S/C11H8N2O2/c14-13(15)11-8-10(6-7-12-11)9-4-2-1-3-5-9/h1-8H. The van der Waals surface area contributed by atoms with Crippen LogP contribution in [0.4, 0.5) is 5.82 Å². The maximum Gasteiger partial charge on any atom is 0.364 e. The third-order valence-electron chi connectivity index (χ3n) is 2.04. The molecule has 0 bridgehead atoms. The number of pyridine rings is 1. The van der Waals surface area contributed by atoms with Gasteiger partial charge in [-0.15, -0.1) is 0 Å². The molecule has 0 saturated carbocycles. The van der Waals surface area contributed by atoms with Crippen LogP contribution in [0.3, 0.4) is 0 Å². The van der Waals surface area contributed by atoms with Gasteiger partial charge in [-0.05, 0) is 27.1 Å². The van der Waals surface area contributed by atoms with E-state index in [1.165, 1.54) is 12.3 Å². The molecule has 0 unspecified atom stereocenters. The second kappa shape index (κ2) is 3.88. The molecule has 2 rings (SSSR count). The Hall–Kier alpha value is -2.23. The normalized spacial score (nSPS) is 9.87. The van der Waals surface area contributed by atoms with E-state index in [0.717, 1.165) is 11.1 Å². The molecule has 2 aromatic rings. The van der Waals surface area contributed by atoms with Crippen molar-refractivity contribution in [3.63, 3.8) is 0 Å². The van der Waals surface area contributed by atoms with Gasteiger partial charge in [-0.25, -0.2) is 0 Å². The molecule has 74 valence electrons. The predicted octanol–water partition coefficient (Wildman–Crippen LogP) is 2.66. The molecule has 0 spiro atoms. The van der Waals surface area contributed by atoms with Crippen molar-refractivity contribution in [2.45, 2.75) is 0 Å². The molecule has 0 aliphatic heterocycles. The number of nitro groups is 1. The second-order valence-electron chi connectivity index (χ2n) is 3.03. The molecule has 0 aliphatic carbocycles. The maximum absolute atomic E-state index is 10.5. The average Bonchev–Trinajstić information content (AvgIpc) is 2.30. The highest BCUT2D eigenvalue weighted by molar-refractivity contribution is 5.64. The first-order chi connectivity index (χ1) is 7.27. The van der Waals surface area contributed by atoms with Gasteiger partial charge in [0.1, 0.15) is 6.20 Å². The highest BCUT2D eigenvalue weighted by atomic mass is 16.6. The summed E-state index contributed by atoms with van der Waals surface area (Å²) in [5.41, 5.74) is 1.75. The van der Waals surface area contributed by atoms with E-state index in [1.54, 1.807) is 6.07 Å². The van der Waals surface area contributed by atoms with Crippen molar-refractivity contribution in [2.24, 2.45) is 0 Å². The number of nitrogens with zero attached hydrogens (tertiary/aromatic N) is 2. The fraction of sp³-hybridized carbons (Fsp3) is 0. The lowest BCUT2D eigenvalue weighted by molar-refractivity contribution is -0.389. The van der Waals surface area contributed by atoms with Gasteiger partial charge in [-0.2, -0.15) is 0 Å². The van der Waals surface area contributed by atoms with Crippen LogP contribution in [0.2, 0.25) is 0 Å². The van der Waals surface area contributed by atoms with Gasteiger partial charge < -0.3 is 10.1 Å². The molecule has 0 amide bonds. The maximum atomic E-state index is 10.5. The lowest BCUT2D eigenvalue weighted by Crippen LogP contribution is -1.91. The summed E-state index contributed by atoms with van der Waals surface area (Å²) in [6.07, 6.45) is 1.44. The van der Waals surface area contributed by atoms with Gasteiger partial charge in [0.25, 0.3) is 0 Å². The molecule has 15 heavy (non-hydrogen) atoms. The van der Waals surface area contributed by atoms with E-state index < -0.39 is 4.92 Å². The largest absolute Gasteiger partial charge is 0.364 e. The molecule has 0 fully saturated rings. The van der Waals surface area contributed by atoms with Crippen molar-refractivity contribution in [3.8, 4) is 11.1 Å². The number of aromatic nitrogens is 1. The third-order valence-corrected chi connectivity index (χ3v) is 2.04. The molecular formula is C11H8N2O2. The van der Waals surface area contributed by atoms with Crippen molar-refractivity contribution in [2.75, 3.05) is 0 Å². The summed E-state index contributed by atoms with van der Waals surface area (Å²) < 4.78 is 0. The fourth-order valence-electron chi connectivity index (χ4n) is 1.33. The first-order valence-corrected chi connectivity index (χ1v) is 4.43. The SMILES string of the molecule is O=[N+]([O-])c1cc(-c2ccccc2)ccn1. The summed E-state index contributed by atoms with van der Waals surface area (Å²) in [5.74, 6) is -0.128. The van der Waals surface area contributed by atoms with E-state index in [1.807, 2.05) is 30.3 Å². The number of hydrogen-bond acceptors (Lipinski definition) is 3. The van der Waals surface area contributed by atoms with Crippen molar-refractivity contribution < 1.29 is 4.92 Å². The van der Waals surface area contributed by atoms with Crippen molar-refractivity contribution in [1.82, 2.24) is 4.98 Å². The molecule has 4 heteroatoms. The Morgan fingerprint density at radius 3 is 2.47 bits per heavy atom. The van der Waals surface area contributed by atoms with Crippen LogP contribution in [0, 0.1) is 10.1 Å². The Balaban J connectivity index is 2.46. The lowest BCUT2D eigenvalue weighted by Gasteiger charge is -1.99. The summed E-state index contributed by atoms with van der Waals surface area (Å²) in [6.45, 7) is 0. The van der Waals surface area contributed by atoms with Crippen LogP contribution in [0.1, 0.15) is 0 Å². The predicted molar refractivity (Wildman–Crippen MR) is 56.3 cm³/mol. The van der Waals surface area contributed by atoms with E-state index in [-0.39, 0.29) is 5.82 Å². The Morgan fingerprint density at radius 1 is 1.07 bits per heavy atom. The van der Waals surface area contributed by atoms with Crippen LogP contribution in [0.25, 0.3) is 11.1 Å². The van der Waals surface area contributed by atoms with Gasteiger partial charge in [-0.3, -0.25) is 0 Å². The molecule has 1 aromatic carbocycles. The van der Waals surface area contributed by atoms with E-state index >= 15 is 0 Å². The van der Waals surface area contributed by atoms with Gasteiger partial charge in [0.05, 0.1) is 0 Å². The molecule has 1 aromatic heterocycles. The molecule has 0 N–H and O–H groups in total. The summed E-state index contributed by atoms with van der Waals surface area (Å²) in [5, 5.41) is 10.5. The molecule has 0 radical (unpaired) electrons. The monoisotopic (exact) mass is 200 g/mol. The van der Waals surface area contributed by atoms with Gasteiger partial charge in [0.15, 0.2) is 0 Å². The Kier molecular flexibility index (Phi) is 2.41. The summed E-state index contributed by atoms with van der Waals surface area (Å²) in [7, 11) is 0. The Morgan fingerprint density at radius 2 is 1.80 bits per heavy atom. The molecule has 1 heterocycles. The van der Waals surface area contributed by atoms with Gasteiger partial charge in [0, 0.05) is 6.07 Å². The number of rotatable bonds is 2. The van der Waals surface area contributed by atoms with Gasteiger partial charge in [-0.1, -0.05) is 30.3 Å². The average molecular weight is 200 g/mol. The lowest BCUT2D eigenvalue weighted by atomic mass is 10.1. The zero-order valence-electron chi connectivity index (χ0n) is 7.83. The summed E-state index contributed by atoms with van der Waals surface area (Å²) in [4.78, 5) is 13.7. The topological polar surface area (TPSA) is 56.0 Å². The highest BCUT2D eigenvalue weighted by Gasteiger charge is 2.07. The zero-order chi connectivity index (χ0) is 10.7. The van der Waals surface area contributed by atoms with Crippen molar-refractivity contribution in [3.05, 3.63) is 58.8 Å². The fourth-order valence-corrected chi connectivity index (χ4v) is 1.33.